The van der Waals surface area contributed by atoms with Crippen LogP contribution in [0.3, 0.4) is 0 Å². The van der Waals surface area contributed by atoms with Crippen LogP contribution in [0.2, 0.25) is 0 Å². The molecule has 1 saturated heterocycles. The zero-order valence-corrected chi connectivity index (χ0v) is 19.9. The van der Waals surface area contributed by atoms with Gasteiger partial charge >= 0.3 is 0 Å². The predicted molar refractivity (Wildman–Crippen MR) is 129 cm³/mol. The number of anilines is 1. The number of benzene rings is 3. The fraction of sp³-hybridized carbons (Fsp3) is 0.308. The summed E-state index contributed by atoms with van der Waals surface area (Å²) < 4.78 is 48.1. The smallest absolute Gasteiger partial charge is 0.247 e. The first-order chi connectivity index (χ1) is 16.4. The van der Waals surface area contributed by atoms with Crippen LogP contribution >= 0.6 is 0 Å². The van der Waals surface area contributed by atoms with Gasteiger partial charge < -0.3 is 14.7 Å². The molecule has 2 aliphatic rings. The maximum Gasteiger partial charge on any atom is 0.247 e. The van der Waals surface area contributed by atoms with Crippen molar-refractivity contribution in [2.75, 3.05) is 32.2 Å². The Morgan fingerprint density at radius 2 is 1.76 bits per heavy atom. The number of halogens is 1. The predicted octanol–water partition coefficient (Wildman–Crippen LogP) is 4.06. The van der Waals surface area contributed by atoms with Gasteiger partial charge in [-0.1, -0.05) is 30.3 Å². The van der Waals surface area contributed by atoms with Crippen LogP contribution < -0.4 is 9.64 Å². The lowest BCUT2D eigenvalue weighted by molar-refractivity contribution is 0.193. The lowest BCUT2D eigenvalue weighted by atomic mass is 9.81. The minimum absolute atomic E-state index is 0.0701. The maximum atomic E-state index is 13.9. The zero-order chi connectivity index (χ0) is 24.0. The largest absolute Gasteiger partial charge is 0.495 e. The number of para-hydroxylation sites is 1. The molecule has 2 heterocycles. The van der Waals surface area contributed by atoms with Gasteiger partial charge in [0.1, 0.15) is 16.5 Å². The van der Waals surface area contributed by atoms with Gasteiger partial charge in [-0.2, -0.15) is 4.31 Å². The van der Waals surface area contributed by atoms with Crippen molar-refractivity contribution in [1.29, 1.82) is 0 Å². The van der Waals surface area contributed by atoms with Crippen LogP contribution in [0, 0.1) is 11.7 Å². The monoisotopic (exact) mass is 482 g/mol. The van der Waals surface area contributed by atoms with E-state index in [2.05, 4.69) is 0 Å². The molecule has 0 radical (unpaired) electrons. The van der Waals surface area contributed by atoms with Gasteiger partial charge in [0, 0.05) is 25.2 Å². The molecular weight excluding hydrogens is 455 g/mol. The molecule has 3 aromatic rings. The van der Waals surface area contributed by atoms with E-state index in [1.807, 2.05) is 30.1 Å². The second-order valence-electron chi connectivity index (χ2n) is 8.81. The van der Waals surface area contributed by atoms with Crippen molar-refractivity contribution in [3.63, 3.8) is 0 Å². The first kappa shape index (κ1) is 22.8. The summed E-state index contributed by atoms with van der Waals surface area (Å²) in [5, 5.41) is 10.2. The van der Waals surface area contributed by atoms with Crippen molar-refractivity contribution in [1.82, 2.24) is 4.31 Å². The molecule has 1 fully saturated rings. The van der Waals surface area contributed by atoms with Crippen LogP contribution in [0.5, 0.6) is 5.75 Å². The average Bonchev–Trinajstić information content (AvgIpc) is 3.30. The lowest BCUT2D eigenvalue weighted by Gasteiger charge is -2.44. The van der Waals surface area contributed by atoms with E-state index in [4.69, 9.17) is 4.74 Å². The Morgan fingerprint density at radius 3 is 2.47 bits per heavy atom. The summed E-state index contributed by atoms with van der Waals surface area (Å²) >= 11 is 0. The van der Waals surface area contributed by atoms with Crippen molar-refractivity contribution in [2.45, 2.75) is 23.4 Å². The Balaban J connectivity index is 1.65. The molecule has 34 heavy (non-hydrogen) atoms. The summed E-state index contributed by atoms with van der Waals surface area (Å²) in [5.74, 6) is -0.0783. The first-order valence-corrected chi connectivity index (χ1v) is 12.7. The van der Waals surface area contributed by atoms with Crippen LogP contribution in [0.4, 0.5) is 10.1 Å². The van der Waals surface area contributed by atoms with Crippen molar-refractivity contribution >= 4 is 15.7 Å². The van der Waals surface area contributed by atoms with Crippen molar-refractivity contribution in [3.05, 3.63) is 78.1 Å². The van der Waals surface area contributed by atoms with Crippen molar-refractivity contribution < 1.29 is 22.7 Å². The zero-order valence-electron chi connectivity index (χ0n) is 19.1. The molecule has 0 unspecified atom stereocenters. The first-order valence-electron chi connectivity index (χ1n) is 11.2. The molecule has 0 bridgehead atoms. The van der Waals surface area contributed by atoms with Crippen LogP contribution in [-0.2, 0) is 10.0 Å². The maximum absolute atomic E-state index is 13.9. The number of aliphatic hydroxyl groups excluding tert-OH is 1. The summed E-state index contributed by atoms with van der Waals surface area (Å²) in [6.07, 6.45) is 0.634. The third-order valence-electron chi connectivity index (χ3n) is 7.14. The molecule has 0 aromatic heterocycles. The van der Waals surface area contributed by atoms with E-state index in [1.54, 1.807) is 40.7 Å². The van der Waals surface area contributed by atoms with Gasteiger partial charge in [0.15, 0.2) is 0 Å². The van der Waals surface area contributed by atoms with Crippen molar-refractivity contribution in [3.8, 4) is 16.9 Å². The lowest BCUT2D eigenvalue weighted by Crippen LogP contribution is -2.48. The third-order valence-corrected chi connectivity index (χ3v) is 9.06. The molecule has 178 valence electrons. The fourth-order valence-electron chi connectivity index (χ4n) is 5.46. The topological polar surface area (TPSA) is 70.1 Å². The molecule has 3 aromatic carbocycles. The summed E-state index contributed by atoms with van der Waals surface area (Å²) in [6, 6.07) is 18.2. The summed E-state index contributed by atoms with van der Waals surface area (Å²) in [6.45, 7) is 0.277. The van der Waals surface area contributed by atoms with Gasteiger partial charge in [-0.3, -0.25) is 0 Å². The Morgan fingerprint density at radius 1 is 1.06 bits per heavy atom. The van der Waals surface area contributed by atoms with Crippen LogP contribution in [0.25, 0.3) is 11.1 Å². The number of methoxy groups -OCH3 is 1. The minimum Gasteiger partial charge on any atom is -0.495 e. The van der Waals surface area contributed by atoms with E-state index >= 15 is 0 Å². The molecule has 1 N–H and O–H groups in total. The Kier molecular flexibility index (Phi) is 5.83. The molecule has 0 saturated carbocycles. The highest BCUT2D eigenvalue weighted by molar-refractivity contribution is 7.89. The third kappa shape index (κ3) is 3.57. The van der Waals surface area contributed by atoms with E-state index in [0.29, 0.717) is 18.7 Å². The second kappa shape index (κ2) is 8.69. The number of hydrogen-bond acceptors (Lipinski definition) is 5. The highest BCUT2D eigenvalue weighted by atomic mass is 32.2. The molecule has 0 spiro atoms. The average molecular weight is 483 g/mol. The summed E-state index contributed by atoms with van der Waals surface area (Å²) in [5.41, 5.74) is 3.50. The van der Waals surface area contributed by atoms with Crippen LogP contribution in [-0.4, -0.2) is 51.2 Å². The summed E-state index contributed by atoms with van der Waals surface area (Å²) in [4.78, 5) is 2.18. The number of likely N-dealkylation sites (N-methyl/N-ethyl adjacent to an activating group) is 1. The molecule has 3 atom stereocenters. The molecular formula is C26H27FN2O4S. The van der Waals surface area contributed by atoms with Gasteiger partial charge in [-0.05, 0) is 59.5 Å². The number of rotatable bonds is 5. The van der Waals surface area contributed by atoms with E-state index in [9.17, 15) is 17.9 Å². The number of ether oxygens (including phenoxy) is 1. The van der Waals surface area contributed by atoms with Gasteiger partial charge in [0.05, 0.1) is 25.8 Å². The highest BCUT2D eigenvalue weighted by Crippen LogP contribution is 2.51. The molecule has 0 amide bonds. The minimum atomic E-state index is -3.87. The number of aliphatic hydroxyl groups is 1. The molecule has 2 aliphatic heterocycles. The fourth-order valence-corrected chi connectivity index (χ4v) is 7.29. The Bertz CT molecular complexity index is 1310. The van der Waals surface area contributed by atoms with Gasteiger partial charge in [-0.25, -0.2) is 12.8 Å². The number of nitrogens with zero attached hydrogens (tertiary/aromatic N) is 2. The molecule has 0 aliphatic carbocycles. The van der Waals surface area contributed by atoms with Gasteiger partial charge in [0.2, 0.25) is 10.0 Å². The quantitative estimate of drug-likeness (QED) is 0.594. The summed E-state index contributed by atoms with van der Waals surface area (Å²) in [7, 11) is -0.472. The molecule has 8 heteroatoms. The number of hydrogen-bond donors (Lipinski definition) is 1. The van der Waals surface area contributed by atoms with Crippen molar-refractivity contribution in [2.24, 2.45) is 5.92 Å². The van der Waals surface area contributed by atoms with Gasteiger partial charge in [0.25, 0.3) is 0 Å². The second-order valence-corrected chi connectivity index (χ2v) is 10.7. The Labute approximate surface area is 199 Å². The molecule has 5 rings (SSSR count). The SMILES string of the molecule is COc1ccccc1S(=O)(=O)N1CC[C@@H]2[C@H](CO)N(C)c3ccc(-c4ccc(F)cc4)cc3[C@@H]21. The standard InChI is InChI=1S/C26H27FN2O4S/c1-28-22-12-9-18(17-7-10-19(27)11-8-17)15-21(22)26-20(23(28)16-30)13-14-29(26)34(31,32)25-6-4-3-5-24(25)33-2/h3-12,15,20,23,26,30H,13-14,16H2,1-2H3/t20-,23+,26-/m1/s1. The normalized spacial score (nSPS) is 22.4. The van der Waals surface area contributed by atoms with Gasteiger partial charge in [-0.15, -0.1) is 0 Å². The Hall–Kier alpha value is -2.94. The number of sulfonamides is 1. The number of fused-ring (bicyclic) bond motifs is 3. The van der Waals surface area contributed by atoms with Crippen LogP contribution in [0.15, 0.2) is 71.6 Å². The van der Waals surface area contributed by atoms with Crippen LogP contribution in [0.1, 0.15) is 18.0 Å². The van der Waals surface area contributed by atoms with E-state index in [1.165, 1.54) is 19.2 Å². The van der Waals surface area contributed by atoms with E-state index < -0.39 is 16.1 Å². The van der Waals surface area contributed by atoms with E-state index in [0.717, 1.165) is 22.4 Å². The van der Waals surface area contributed by atoms with E-state index in [-0.39, 0.29) is 29.3 Å². The highest BCUT2D eigenvalue weighted by Gasteiger charge is 2.50. The molecule has 6 nitrogen and oxygen atoms in total.